The molecule has 1 aromatic carbocycles. The summed E-state index contributed by atoms with van der Waals surface area (Å²) in [6.45, 7) is 4.22. The van der Waals surface area contributed by atoms with Gasteiger partial charge in [-0.15, -0.1) is 0 Å². The van der Waals surface area contributed by atoms with Crippen molar-refractivity contribution in [1.29, 1.82) is 0 Å². The van der Waals surface area contributed by atoms with E-state index in [0.29, 0.717) is 11.8 Å². The van der Waals surface area contributed by atoms with Gasteiger partial charge in [-0.3, -0.25) is 0 Å². The quantitative estimate of drug-likeness (QED) is 0.149. The maximum Gasteiger partial charge on any atom is 0.340 e. The zero-order valence-electron chi connectivity index (χ0n) is 24.9. The van der Waals surface area contributed by atoms with Gasteiger partial charge in [-0.05, 0) is 100 Å². The monoisotopic (exact) mass is 562 g/mol. The Morgan fingerprint density at radius 2 is 0.975 bits per heavy atom. The Bertz CT molecular complexity index is 786. The van der Waals surface area contributed by atoms with Crippen molar-refractivity contribution in [2.75, 3.05) is 0 Å². The van der Waals surface area contributed by atoms with E-state index in [1.807, 2.05) is 0 Å². The Labute approximate surface area is 241 Å². The molecule has 3 rings (SSSR count). The number of esters is 2. The summed E-state index contributed by atoms with van der Waals surface area (Å²) in [6, 6.07) is 8.88. The molecule has 2 aliphatic rings. The average molecular weight is 563 g/mol. The molecule has 0 saturated heterocycles. The molecule has 4 nitrogen and oxygen atoms in total. The van der Waals surface area contributed by atoms with Crippen LogP contribution in [0.1, 0.15) is 152 Å². The fraction of sp³-hybridized carbons (Fsp3) is 0.765. The van der Waals surface area contributed by atoms with Crippen LogP contribution in [0.15, 0.2) is 24.3 Å². The minimum absolute atomic E-state index is 0.171. The molecule has 2 fully saturated rings. The van der Waals surface area contributed by atoms with Crippen LogP contribution in [0.4, 0.5) is 8.78 Å². The standard InChI is InChI=1S/C34H52F2O4/c1-3-5-7-9-11-31(35)33(37)39-29-21-17-27(18-22-29)25-13-15-26(16-14-25)28-19-23-30(24-20-28)40-34(38)32(36)12-10-8-6-4-2/h13-16,27-32H,3-12,17-24H2,1-2H3. The predicted octanol–water partition coefficient (Wildman–Crippen LogP) is 9.44. The summed E-state index contributed by atoms with van der Waals surface area (Å²) in [5, 5.41) is 0. The molecule has 0 N–H and O–H groups in total. The van der Waals surface area contributed by atoms with Gasteiger partial charge < -0.3 is 9.47 Å². The van der Waals surface area contributed by atoms with Crippen molar-refractivity contribution < 1.29 is 27.8 Å². The lowest BCUT2D eigenvalue weighted by Crippen LogP contribution is -2.28. The van der Waals surface area contributed by atoms with Crippen LogP contribution in [0, 0.1) is 0 Å². The SMILES string of the molecule is CCCCCCC(F)C(=O)OC1CCC(c2ccc(C3CCC(OC(=O)C(F)CCCCCC)CC3)cc2)CC1. The van der Waals surface area contributed by atoms with Crippen molar-refractivity contribution in [3.8, 4) is 0 Å². The van der Waals surface area contributed by atoms with Crippen LogP contribution in [0.2, 0.25) is 0 Å². The molecule has 0 aliphatic heterocycles. The number of halogens is 2. The Morgan fingerprint density at radius 3 is 1.30 bits per heavy atom. The number of rotatable bonds is 16. The molecule has 2 atom stereocenters. The number of benzene rings is 1. The Morgan fingerprint density at radius 1 is 0.625 bits per heavy atom. The van der Waals surface area contributed by atoms with E-state index in [2.05, 4.69) is 38.1 Å². The van der Waals surface area contributed by atoms with Gasteiger partial charge >= 0.3 is 11.9 Å². The Hall–Kier alpha value is -1.98. The van der Waals surface area contributed by atoms with Gasteiger partial charge in [-0.25, -0.2) is 18.4 Å². The molecule has 2 unspecified atom stereocenters. The van der Waals surface area contributed by atoms with Crippen LogP contribution in [-0.4, -0.2) is 36.5 Å². The van der Waals surface area contributed by atoms with E-state index in [4.69, 9.17) is 9.47 Å². The second kappa shape index (κ2) is 17.7. The van der Waals surface area contributed by atoms with E-state index >= 15 is 0 Å². The van der Waals surface area contributed by atoms with Gasteiger partial charge in [0.25, 0.3) is 0 Å². The first-order valence-corrected chi connectivity index (χ1v) is 16.2. The van der Waals surface area contributed by atoms with E-state index in [0.717, 1.165) is 103 Å². The van der Waals surface area contributed by atoms with Crippen LogP contribution in [0.5, 0.6) is 0 Å². The van der Waals surface area contributed by atoms with E-state index in [9.17, 15) is 18.4 Å². The largest absolute Gasteiger partial charge is 0.460 e. The lowest BCUT2D eigenvalue weighted by Gasteiger charge is -2.30. The highest BCUT2D eigenvalue weighted by Crippen LogP contribution is 2.37. The van der Waals surface area contributed by atoms with Crippen LogP contribution >= 0.6 is 0 Å². The maximum absolute atomic E-state index is 14.2. The van der Waals surface area contributed by atoms with Gasteiger partial charge in [-0.1, -0.05) is 76.6 Å². The van der Waals surface area contributed by atoms with Crippen molar-refractivity contribution in [2.45, 2.75) is 166 Å². The fourth-order valence-electron chi connectivity index (χ4n) is 6.28. The average Bonchev–Trinajstić information content (AvgIpc) is 2.98. The Balaban J connectivity index is 1.35. The first-order valence-electron chi connectivity index (χ1n) is 16.2. The van der Waals surface area contributed by atoms with Crippen LogP contribution in [-0.2, 0) is 19.1 Å². The number of ether oxygens (including phenoxy) is 2. The van der Waals surface area contributed by atoms with Crippen LogP contribution < -0.4 is 0 Å². The summed E-state index contributed by atoms with van der Waals surface area (Å²) in [5.41, 5.74) is 2.62. The molecule has 0 radical (unpaired) electrons. The van der Waals surface area contributed by atoms with E-state index in [1.165, 1.54) is 11.1 Å². The number of hydrogen-bond acceptors (Lipinski definition) is 4. The van der Waals surface area contributed by atoms with Crippen molar-refractivity contribution in [1.82, 2.24) is 0 Å². The third-order valence-electron chi connectivity index (χ3n) is 8.93. The molecular weight excluding hydrogens is 510 g/mol. The molecule has 2 aliphatic carbocycles. The summed E-state index contributed by atoms with van der Waals surface area (Å²) < 4.78 is 39.3. The fourth-order valence-corrected chi connectivity index (χ4v) is 6.28. The van der Waals surface area contributed by atoms with E-state index in [-0.39, 0.29) is 25.0 Å². The molecule has 0 heterocycles. The summed E-state index contributed by atoms with van der Waals surface area (Å²) in [5.74, 6) is -0.489. The van der Waals surface area contributed by atoms with Crippen LogP contribution in [0.25, 0.3) is 0 Å². The molecule has 0 spiro atoms. The molecule has 1 aromatic rings. The maximum atomic E-state index is 14.2. The van der Waals surface area contributed by atoms with Crippen molar-refractivity contribution in [3.63, 3.8) is 0 Å². The second-order valence-corrected chi connectivity index (χ2v) is 12.1. The Kier molecular flexibility index (Phi) is 14.4. The molecule has 0 bridgehead atoms. The van der Waals surface area contributed by atoms with Gasteiger partial charge in [0.1, 0.15) is 12.2 Å². The van der Waals surface area contributed by atoms with Crippen LogP contribution in [0.3, 0.4) is 0 Å². The normalized spacial score (nSPS) is 24.7. The summed E-state index contributed by atoms with van der Waals surface area (Å²) in [7, 11) is 0. The lowest BCUT2D eigenvalue weighted by molar-refractivity contribution is -0.157. The van der Waals surface area contributed by atoms with Gasteiger partial charge in [0, 0.05) is 0 Å². The lowest BCUT2D eigenvalue weighted by atomic mass is 9.80. The third-order valence-corrected chi connectivity index (χ3v) is 8.93. The molecule has 226 valence electrons. The first-order chi connectivity index (χ1) is 19.4. The first kappa shape index (κ1) is 32.5. The highest BCUT2D eigenvalue weighted by Gasteiger charge is 2.30. The molecule has 6 heteroatoms. The molecule has 40 heavy (non-hydrogen) atoms. The van der Waals surface area contributed by atoms with Gasteiger partial charge in [0.15, 0.2) is 12.3 Å². The van der Waals surface area contributed by atoms with Gasteiger partial charge in [-0.2, -0.15) is 0 Å². The zero-order chi connectivity index (χ0) is 28.7. The van der Waals surface area contributed by atoms with Gasteiger partial charge in [0.2, 0.25) is 0 Å². The number of carbonyl (C=O) groups is 2. The highest BCUT2D eigenvalue weighted by molar-refractivity contribution is 5.75. The second-order valence-electron chi connectivity index (χ2n) is 12.1. The third kappa shape index (κ3) is 10.8. The zero-order valence-corrected chi connectivity index (χ0v) is 24.9. The number of unbranched alkanes of at least 4 members (excludes halogenated alkanes) is 6. The summed E-state index contributed by atoms with van der Waals surface area (Å²) in [6.07, 6.45) is 11.8. The number of hydrogen-bond donors (Lipinski definition) is 0. The van der Waals surface area contributed by atoms with Crippen molar-refractivity contribution >= 4 is 11.9 Å². The summed E-state index contributed by atoms with van der Waals surface area (Å²) >= 11 is 0. The van der Waals surface area contributed by atoms with Gasteiger partial charge in [0.05, 0.1) is 0 Å². The van der Waals surface area contributed by atoms with E-state index in [1.54, 1.807) is 0 Å². The summed E-state index contributed by atoms with van der Waals surface area (Å²) in [4.78, 5) is 24.3. The minimum atomic E-state index is -1.50. The minimum Gasteiger partial charge on any atom is -0.460 e. The molecular formula is C34H52F2O4. The smallest absolute Gasteiger partial charge is 0.340 e. The number of alkyl halides is 2. The van der Waals surface area contributed by atoms with Crippen molar-refractivity contribution in [3.05, 3.63) is 35.4 Å². The molecule has 0 amide bonds. The highest BCUT2D eigenvalue weighted by atomic mass is 19.1. The molecule has 2 saturated carbocycles. The topological polar surface area (TPSA) is 52.6 Å². The molecule has 0 aromatic heterocycles. The number of carbonyl (C=O) groups excluding carboxylic acids is 2. The van der Waals surface area contributed by atoms with E-state index < -0.39 is 24.3 Å². The predicted molar refractivity (Wildman–Crippen MR) is 156 cm³/mol. The van der Waals surface area contributed by atoms with Crippen molar-refractivity contribution in [2.24, 2.45) is 0 Å².